The highest BCUT2D eigenvalue weighted by atomic mass is 32.2. The van der Waals surface area contributed by atoms with E-state index in [1.165, 1.54) is 4.72 Å². The molecular weight excluding hydrogens is 249 g/mol. The standard InChI is InChI=1S/C3H7F3N2O4S2/c4-3(5,6)14(11,12)8-2-1-7-13(9)10/h7-8H,1-2H2,(H,9,10). The summed E-state index contributed by atoms with van der Waals surface area (Å²) in [5.41, 5.74) is -5.37. The summed E-state index contributed by atoms with van der Waals surface area (Å²) in [6.45, 7) is -1.02. The Hall–Kier alpha value is -0.230. The molecule has 0 rings (SSSR count). The molecule has 0 aliphatic rings. The van der Waals surface area contributed by atoms with E-state index in [-0.39, 0.29) is 0 Å². The van der Waals surface area contributed by atoms with E-state index in [1.54, 1.807) is 4.72 Å². The lowest BCUT2D eigenvalue weighted by Gasteiger charge is -2.08. The van der Waals surface area contributed by atoms with Crippen LogP contribution >= 0.6 is 0 Å². The monoisotopic (exact) mass is 256 g/mol. The van der Waals surface area contributed by atoms with Crippen molar-refractivity contribution in [1.29, 1.82) is 0 Å². The first-order valence-electron chi connectivity index (χ1n) is 3.07. The second-order valence-corrected chi connectivity index (χ2v) is 4.53. The molecule has 0 saturated carbocycles. The molecule has 3 N–H and O–H groups in total. The summed E-state index contributed by atoms with van der Waals surface area (Å²) in [6, 6.07) is 0. The Balaban J connectivity index is 3.97. The van der Waals surface area contributed by atoms with Crippen LogP contribution < -0.4 is 9.44 Å². The van der Waals surface area contributed by atoms with Gasteiger partial charge >= 0.3 is 15.5 Å². The number of halogens is 3. The van der Waals surface area contributed by atoms with Crippen molar-refractivity contribution in [3.63, 3.8) is 0 Å². The van der Waals surface area contributed by atoms with Crippen LogP contribution in [0.25, 0.3) is 0 Å². The molecule has 1 unspecified atom stereocenters. The normalized spacial score (nSPS) is 15.4. The molecule has 11 heteroatoms. The van der Waals surface area contributed by atoms with Crippen LogP contribution in [0, 0.1) is 0 Å². The van der Waals surface area contributed by atoms with Crippen LogP contribution in [0.1, 0.15) is 0 Å². The minimum absolute atomic E-state index is 0.390. The molecule has 0 aromatic rings. The van der Waals surface area contributed by atoms with E-state index < -0.39 is 39.9 Å². The summed E-state index contributed by atoms with van der Waals surface area (Å²) in [6.07, 6.45) is 0. The van der Waals surface area contributed by atoms with Crippen molar-refractivity contribution < 1.29 is 30.4 Å². The number of sulfonamides is 1. The summed E-state index contributed by atoms with van der Waals surface area (Å²) in [4.78, 5) is 0. The number of hydrogen-bond acceptors (Lipinski definition) is 3. The molecule has 0 radical (unpaired) electrons. The van der Waals surface area contributed by atoms with Crippen LogP contribution in [0.15, 0.2) is 0 Å². The molecule has 0 aromatic heterocycles. The highest BCUT2D eigenvalue weighted by Gasteiger charge is 2.45. The minimum atomic E-state index is -5.37. The van der Waals surface area contributed by atoms with Gasteiger partial charge in [-0.2, -0.15) is 13.2 Å². The van der Waals surface area contributed by atoms with Crippen molar-refractivity contribution in [3.05, 3.63) is 0 Å². The van der Waals surface area contributed by atoms with Crippen molar-refractivity contribution in [2.24, 2.45) is 0 Å². The molecule has 14 heavy (non-hydrogen) atoms. The topological polar surface area (TPSA) is 95.5 Å². The lowest BCUT2D eigenvalue weighted by Crippen LogP contribution is -2.40. The van der Waals surface area contributed by atoms with Gasteiger partial charge in [0.1, 0.15) is 0 Å². The molecule has 0 aliphatic carbocycles. The Morgan fingerprint density at radius 3 is 2.14 bits per heavy atom. The molecule has 0 spiro atoms. The van der Waals surface area contributed by atoms with Crippen molar-refractivity contribution in [3.8, 4) is 0 Å². The predicted octanol–water partition coefficient (Wildman–Crippen LogP) is -0.848. The van der Waals surface area contributed by atoms with E-state index >= 15 is 0 Å². The van der Waals surface area contributed by atoms with Gasteiger partial charge in [-0.15, -0.1) is 0 Å². The van der Waals surface area contributed by atoms with Gasteiger partial charge < -0.3 is 0 Å². The van der Waals surface area contributed by atoms with E-state index in [0.29, 0.717) is 0 Å². The van der Waals surface area contributed by atoms with E-state index in [0.717, 1.165) is 0 Å². The maximum atomic E-state index is 11.6. The van der Waals surface area contributed by atoms with Crippen molar-refractivity contribution >= 4 is 21.3 Å². The molecule has 0 amide bonds. The summed E-state index contributed by atoms with van der Waals surface area (Å²) >= 11 is -2.38. The van der Waals surface area contributed by atoms with Crippen LogP contribution in [0.2, 0.25) is 0 Å². The van der Waals surface area contributed by atoms with E-state index in [2.05, 4.69) is 0 Å². The van der Waals surface area contributed by atoms with Gasteiger partial charge in [-0.3, -0.25) is 4.55 Å². The summed E-state index contributed by atoms with van der Waals surface area (Å²) in [7, 11) is -5.37. The number of nitrogens with one attached hydrogen (secondary N) is 2. The van der Waals surface area contributed by atoms with Gasteiger partial charge in [-0.1, -0.05) is 0 Å². The molecule has 6 nitrogen and oxygen atoms in total. The van der Waals surface area contributed by atoms with Gasteiger partial charge in [0.25, 0.3) is 0 Å². The first-order valence-corrected chi connectivity index (χ1v) is 5.66. The molecule has 1 atom stereocenters. The van der Waals surface area contributed by atoms with E-state index in [4.69, 9.17) is 4.55 Å². The zero-order valence-electron chi connectivity index (χ0n) is 6.54. The average molecular weight is 256 g/mol. The fraction of sp³-hybridized carbons (Fsp3) is 1.00. The van der Waals surface area contributed by atoms with E-state index in [9.17, 15) is 25.8 Å². The number of rotatable bonds is 5. The third-order valence-electron chi connectivity index (χ3n) is 0.947. The molecule has 0 heterocycles. The third-order valence-corrected chi connectivity index (χ3v) is 2.59. The Bertz CT molecular complexity index is 299. The van der Waals surface area contributed by atoms with Gasteiger partial charge in [0.05, 0.1) is 0 Å². The average Bonchev–Trinajstić information content (AvgIpc) is 1.95. The van der Waals surface area contributed by atoms with Crippen LogP contribution in [0.5, 0.6) is 0 Å². The Morgan fingerprint density at radius 1 is 1.29 bits per heavy atom. The summed E-state index contributed by atoms with van der Waals surface area (Å²) < 4.78 is 76.5. The maximum Gasteiger partial charge on any atom is 0.511 e. The lowest BCUT2D eigenvalue weighted by molar-refractivity contribution is -0.0447. The SMILES string of the molecule is O=S(O)NCCNS(=O)(=O)C(F)(F)F. The van der Waals surface area contributed by atoms with Gasteiger partial charge in [-0.25, -0.2) is 22.1 Å². The highest BCUT2D eigenvalue weighted by Crippen LogP contribution is 2.20. The Kier molecular flexibility index (Phi) is 4.94. The fourth-order valence-corrected chi connectivity index (χ4v) is 1.22. The van der Waals surface area contributed by atoms with Crippen molar-refractivity contribution in [2.75, 3.05) is 13.1 Å². The van der Waals surface area contributed by atoms with Crippen molar-refractivity contribution in [1.82, 2.24) is 9.44 Å². The second kappa shape index (κ2) is 5.02. The molecular formula is C3H7F3N2O4S2. The Morgan fingerprint density at radius 2 is 1.79 bits per heavy atom. The molecule has 0 saturated heterocycles. The maximum absolute atomic E-state index is 11.6. The predicted molar refractivity (Wildman–Crippen MR) is 41.8 cm³/mol. The van der Waals surface area contributed by atoms with Gasteiger partial charge in [-0.05, 0) is 0 Å². The number of hydrogen-bond donors (Lipinski definition) is 3. The van der Waals surface area contributed by atoms with E-state index in [1.807, 2.05) is 0 Å². The first kappa shape index (κ1) is 13.8. The fourth-order valence-electron chi connectivity index (χ4n) is 0.406. The summed E-state index contributed by atoms with van der Waals surface area (Å²) in [5.74, 6) is 0. The molecule has 0 bridgehead atoms. The van der Waals surface area contributed by atoms with Crippen LogP contribution in [-0.4, -0.2) is 35.8 Å². The third kappa shape index (κ3) is 4.85. The smallest absolute Gasteiger partial charge is 0.294 e. The highest BCUT2D eigenvalue weighted by molar-refractivity contribution is 7.90. The molecule has 0 aliphatic heterocycles. The largest absolute Gasteiger partial charge is 0.511 e. The Labute approximate surface area is 80.3 Å². The number of alkyl halides is 3. The minimum Gasteiger partial charge on any atom is -0.294 e. The zero-order chi connectivity index (χ0) is 11.4. The van der Waals surface area contributed by atoms with Crippen LogP contribution in [0.3, 0.4) is 0 Å². The zero-order valence-corrected chi connectivity index (χ0v) is 8.17. The summed E-state index contributed by atoms with van der Waals surface area (Å²) in [5, 5.41) is 0. The van der Waals surface area contributed by atoms with Crippen LogP contribution in [0.4, 0.5) is 13.2 Å². The van der Waals surface area contributed by atoms with Crippen LogP contribution in [-0.2, 0) is 21.3 Å². The first-order chi connectivity index (χ1) is 6.17. The second-order valence-electron chi connectivity index (χ2n) is 1.99. The molecule has 0 aromatic carbocycles. The lowest BCUT2D eigenvalue weighted by atomic mass is 10.7. The van der Waals surface area contributed by atoms with Gasteiger partial charge in [0.15, 0.2) is 0 Å². The van der Waals surface area contributed by atoms with Gasteiger partial charge in [0.2, 0.25) is 11.3 Å². The molecule has 0 fully saturated rings. The molecule has 86 valence electrons. The quantitative estimate of drug-likeness (QED) is 0.441. The van der Waals surface area contributed by atoms with Crippen molar-refractivity contribution in [2.45, 2.75) is 5.51 Å². The van der Waals surface area contributed by atoms with Gasteiger partial charge in [0, 0.05) is 13.1 Å².